The van der Waals surface area contributed by atoms with Gasteiger partial charge in [-0.15, -0.1) is 0 Å². The van der Waals surface area contributed by atoms with Crippen LogP contribution >= 0.6 is 11.5 Å². The molecule has 0 unspecified atom stereocenters. The van der Waals surface area contributed by atoms with E-state index < -0.39 is 11.7 Å². The summed E-state index contributed by atoms with van der Waals surface area (Å²) in [5.74, 6) is 0.791. The molecule has 1 fully saturated rings. The first kappa shape index (κ1) is 22.3. The van der Waals surface area contributed by atoms with Crippen LogP contribution in [0.25, 0.3) is 0 Å². The normalized spacial score (nSPS) is 15.0. The van der Waals surface area contributed by atoms with Gasteiger partial charge in [0.25, 0.3) is 5.91 Å². The number of halogens is 3. The molecule has 0 bridgehead atoms. The first-order valence-corrected chi connectivity index (χ1v) is 11.2. The minimum absolute atomic E-state index is 0.232. The molecule has 0 radical (unpaired) electrons. The summed E-state index contributed by atoms with van der Waals surface area (Å²) in [7, 11) is 0. The van der Waals surface area contributed by atoms with Crippen molar-refractivity contribution in [1.82, 2.24) is 14.7 Å². The summed E-state index contributed by atoms with van der Waals surface area (Å²) in [6, 6.07) is 14.4. The lowest BCUT2D eigenvalue weighted by atomic mass is 9.97. The third-order valence-corrected chi connectivity index (χ3v) is 6.39. The van der Waals surface area contributed by atoms with Crippen LogP contribution in [0.4, 0.5) is 18.3 Å². The predicted octanol–water partition coefficient (Wildman–Crippen LogP) is 4.79. The van der Waals surface area contributed by atoms with Gasteiger partial charge in [0, 0.05) is 43.2 Å². The molecule has 0 aliphatic carbocycles. The van der Waals surface area contributed by atoms with Gasteiger partial charge in [0.1, 0.15) is 5.82 Å². The highest BCUT2D eigenvalue weighted by atomic mass is 32.1. The average Bonchev–Trinajstić information content (AvgIpc) is 3.26. The summed E-state index contributed by atoms with van der Waals surface area (Å²) in [5, 5.41) is 3.77. The van der Waals surface area contributed by atoms with Crippen LogP contribution in [-0.2, 0) is 12.6 Å². The highest BCUT2D eigenvalue weighted by molar-refractivity contribution is 7.09. The zero-order valence-electron chi connectivity index (χ0n) is 17.3. The molecule has 32 heavy (non-hydrogen) atoms. The summed E-state index contributed by atoms with van der Waals surface area (Å²) < 4.78 is 42.4. The van der Waals surface area contributed by atoms with Crippen LogP contribution in [0, 0.1) is 5.92 Å². The van der Waals surface area contributed by atoms with E-state index in [2.05, 4.69) is 31.7 Å². The maximum absolute atomic E-state index is 12.7. The smallest absolute Gasteiger partial charge is 0.352 e. The third kappa shape index (κ3) is 5.64. The van der Waals surface area contributed by atoms with Crippen molar-refractivity contribution in [2.75, 3.05) is 24.5 Å². The number of nitrogens with one attached hydrogen (secondary N) is 1. The lowest BCUT2D eigenvalue weighted by Gasteiger charge is -2.31. The number of hydrogen-bond acceptors (Lipinski definition) is 5. The number of benzene rings is 2. The van der Waals surface area contributed by atoms with E-state index in [0.717, 1.165) is 49.0 Å². The van der Waals surface area contributed by atoms with Crippen molar-refractivity contribution in [2.45, 2.75) is 25.4 Å². The van der Waals surface area contributed by atoms with Gasteiger partial charge in [-0.25, -0.2) is 4.98 Å². The second-order valence-electron chi connectivity index (χ2n) is 7.87. The van der Waals surface area contributed by atoms with Gasteiger partial charge in [0.15, 0.2) is 0 Å². The van der Waals surface area contributed by atoms with Crippen LogP contribution in [0.15, 0.2) is 54.6 Å². The Hall–Kier alpha value is -2.94. The molecule has 1 saturated heterocycles. The number of hydrogen-bond donors (Lipinski definition) is 1. The second kappa shape index (κ2) is 9.68. The zero-order valence-corrected chi connectivity index (χ0v) is 18.1. The van der Waals surface area contributed by atoms with Crippen molar-refractivity contribution in [2.24, 2.45) is 5.92 Å². The molecule has 0 saturated carbocycles. The Morgan fingerprint density at radius 1 is 1.06 bits per heavy atom. The van der Waals surface area contributed by atoms with E-state index >= 15 is 0 Å². The van der Waals surface area contributed by atoms with Gasteiger partial charge in [0.05, 0.1) is 5.56 Å². The van der Waals surface area contributed by atoms with E-state index in [-0.39, 0.29) is 11.5 Å². The molecule has 2 aromatic carbocycles. The number of carbonyl (C=O) groups is 1. The van der Waals surface area contributed by atoms with Crippen LogP contribution < -0.4 is 10.2 Å². The summed E-state index contributed by atoms with van der Waals surface area (Å²) >= 11 is 1.41. The first-order valence-electron chi connectivity index (χ1n) is 10.5. The van der Waals surface area contributed by atoms with Gasteiger partial charge < -0.3 is 10.2 Å². The van der Waals surface area contributed by atoms with E-state index in [1.54, 1.807) is 0 Å². The minimum Gasteiger partial charge on any atom is -0.352 e. The van der Waals surface area contributed by atoms with Crippen molar-refractivity contribution in [3.63, 3.8) is 0 Å². The van der Waals surface area contributed by atoms with E-state index in [9.17, 15) is 18.0 Å². The number of piperidine rings is 1. The molecule has 1 aliphatic rings. The molecule has 3 aromatic rings. The standard InChI is InChI=1S/C23H23F3N4OS/c24-23(25,26)19-8-6-18(7-9-19)21(31)27-15-17-10-12-30(13-11-17)22-28-20(29-32-22)14-16-4-2-1-3-5-16/h1-9,17H,10-15H2,(H,27,31). The van der Waals surface area contributed by atoms with E-state index in [1.807, 2.05) is 18.2 Å². The van der Waals surface area contributed by atoms with Crippen molar-refractivity contribution < 1.29 is 18.0 Å². The number of amides is 1. The minimum atomic E-state index is -4.40. The Labute approximate surface area is 188 Å². The van der Waals surface area contributed by atoms with Gasteiger partial charge in [-0.3, -0.25) is 4.79 Å². The van der Waals surface area contributed by atoms with E-state index in [1.165, 1.54) is 29.2 Å². The first-order chi connectivity index (χ1) is 15.4. The number of rotatable bonds is 6. The molecular weight excluding hydrogens is 437 g/mol. The zero-order chi connectivity index (χ0) is 22.6. The molecule has 0 atom stereocenters. The highest BCUT2D eigenvalue weighted by Gasteiger charge is 2.30. The quantitative estimate of drug-likeness (QED) is 0.575. The van der Waals surface area contributed by atoms with Crippen molar-refractivity contribution >= 4 is 22.6 Å². The average molecular weight is 461 g/mol. The molecule has 5 nitrogen and oxygen atoms in total. The summed E-state index contributed by atoms with van der Waals surface area (Å²) in [6.45, 7) is 2.17. The molecule has 1 aromatic heterocycles. The molecule has 1 aliphatic heterocycles. The fraction of sp³-hybridized carbons (Fsp3) is 0.348. The Morgan fingerprint density at radius 3 is 2.41 bits per heavy atom. The Bertz CT molecular complexity index is 1030. The molecular formula is C23H23F3N4OS. The lowest BCUT2D eigenvalue weighted by molar-refractivity contribution is -0.137. The number of nitrogens with zero attached hydrogens (tertiary/aromatic N) is 3. The molecule has 9 heteroatoms. The second-order valence-corrected chi connectivity index (χ2v) is 8.60. The fourth-order valence-electron chi connectivity index (χ4n) is 3.70. The number of alkyl halides is 3. The SMILES string of the molecule is O=C(NCC1CCN(c2nc(Cc3ccccc3)ns2)CC1)c1ccc(C(F)(F)F)cc1. The maximum Gasteiger partial charge on any atom is 0.416 e. The van der Waals surface area contributed by atoms with Crippen LogP contribution in [0.5, 0.6) is 0 Å². The summed E-state index contributed by atoms with van der Waals surface area (Å²) in [4.78, 5) is 19.2. The van der Waals surface area contributed by atoms with Crippen molar-refractivity contribution in [3.05, 3.63) is 77.1 Å². The van der Waals surface area contributed by atoms with E-state index in [0.29, 0.717) is 18.9 Å². The molecule has 2 heterocycles. The van der Waals surface area contributed by atoms with Gasteiger partial charge in [-0.05, 0) is 48.6 Å². The van der Waals surface area contributed by atoms with Gasteiger partial charge in [-0.2, -0.15) is 17.5 Å². The van der Waals surface area contributed by atoms with Gasteiger partial charge >= 0.3 is 6.18 Å². The maximum atomic E-state index is 12.7. The Balaban J connectivity index is 1.23. The van der Waals surface area contributed by atoms with Gasteiger partial charge in [0.2, 0.25) is 5.13 Å². The Morgan fingerprint density at radius 2 is 1.75 bits per heavy atom. The lowest BCUT2D eigenvalue weighted by Crippen LogP contribution is -2.38. The summed E-state index contributed by atoms with van der Waals surface area (Å²) in [5.41, 5.74) is 0.652. The monoisotopic (exact) mass is 460 g/mol. The predicted molar refractivity (Wildman–Crippen MR) is 118 cm³/mol. The topological polar surface area (TPSA) is 58.1 Å². The largest absolute Gasteiger partial charge is 0.416 e. The molecule has 1 N–H and O–H groups in total. The molecule has 1 amide bonds. The van der Waals surface area contributed by atoms with E-state index in [4.69, 9.17) is 0 Å². The fourth-order valence-corrected chi connectivity index (χ4v) is 4.44. The molecule has 168 valence electrons. The van der Waals surface area contributed by atoms with Crippen LogP contribution in [0.1, 0.15) is 40.2 Å². The van der Waals surface area contributed by atoms with Crippen molar-refractivity contribution in [3.8, 4) is 0 Å². The van der Waals surface area contributed by atoms with Crippen LogP contribution in [0.2, 0.25) is 0 Å². The summed E-state index contributed by atoms with van der Waals surface area (Å²) in [6.07, 6.45) is -1.89. The third-order valence-electron chi connectivity index (χ3n) is 5.57. The number of aromatic nitrogens is 2. The Kier molecular flexibility index (Phi) is 6.74. The molecule has 4 rings (SSSR count). The van der Waals surface area contributed by atoms with Gasteiger partial charge in [-0.1, -0.05) is 30.3 Å². The number of anilines is 1. The van der Waals surface area contributed by atoms with Crippen LogP contribution in [0.3, 0.4) is 0 Å². The van der Waals surface area contributed by atoms with Crippen LogP contribution in [-0.4, -0.2) is 34.9 Å². The molecule has 0 spiro atoms. The highest BCUT2D eigenvalue weighted by Crippen LogP contribution is 2.29. The van der Waals surface area contributed by atoms with Crippen molar-refractivity contribution in [1.29, 1.82) is 0 Å². The number of carbonyl (C=O) groups excluding carboxylic acids is 1.